The Balaban J connectivity index is 1.39. The number of fused-ring (bicyclic) bond motifs is 8. The number of aromatic nitrogens is 2. The predicted molar refractivity (Wildman–Crippen MR) is 180 cm³/mol. The van der Waals surface area contributed by atoms with Gasteiger partial charge in [0.25, 0.3) is 0 Å². The molecular weight excluding hydrogens is 536 g/mol. The quantitative estimate of drug-likeness (QED) is 0.212. The van der Waals surface area contributed by atoms with Crippen LogP contribution in [-0.2, 0) is 0 Å². The van der Waals surface area contributed by atoms with Gasteiger partial charge in [-0.1, -0.05) is 84.9 Å². The fraction of sp³-hybridized carbons (Fsp3) is 0. The maximum Gasteiger partial charge on any atom is 0.101 e. The minimum absolute atomic E-state index is 0.501. The van der Waals surface area contributed by atoms with Gasteiger partial charge in [0.2, 0.25) is 0 Å². The summed E-state index contributed by atoms with van der Waals surface area (Å²) in [6.45, 7) is 0. The molecule has 0 saturated carbocycles. The van der Waals surface area contributed by atoms with Gasteiger partial charge in [-0.15, -0.1) is 0 Å². The van der Waals surface area contributed by atoms with Gasteiger partial charge in [0.05, 0.1) is 44.6 Å². The average Bonchev–Trinajstić information content (AvgIpc) is 3.57. The number of hydrogen-bond donors (Lipinski definition) is 0. The Morgan fingerprint density at radius 3 is 1.14 bits per heavy atom. The molecule has 0 bridgehead atoms. The van der Waals surface area contributed by atoms with Crippen LogP contribution in [0.15, 0.2) is 133 Å². The van der Waals surface area contributed by atoms with Gasteiger partial charge in [-0.25, -0.2) is 0 Å². The molecule has 202 valence electrons. The lowest BCUT2D eigenvalue weighted by atomic mass is 10.0. The second-order valence-electron chi connectivity index (χ2n) is 11.2. The van der Waals surface area contributed by atoms with E-state index in [4.69, 9.17) is 0 Å². The first-order valence-corrected chi connectivity index (χ1v) is 14.6. The zero-order valence-electron chi connectivity index (χ0n) is 23.5. The maximum absolute atomic E-state index is 10.6. The highest BCUT2D eigenvalue weighted by Gasteiger charge is 2.21. The van der Waals surface area contributed by atoms with Gasteiger partial charge >= 0.3 is 0 Å². The molecule has 0 atom stereocenters. The maximum atomic E-state index is 10.6. The number of benzene rings is 7. The summed E-state index contributed by atoms with van der Waals surface area (Å²) in [5.41, 5.74) is 6.38. The molecule has 0 saturated heterocycles. The highest BCUT2D eigenvalue weighted by Crippen LogP contribution is 2.39. The van der Waals surface area contributed by atoms with Crippen LogP contribution in [0.3, 0.4) is 0 Å². The van der Waals surface area contributed by atoms with E-state index < -0.39 is 0 Å². The zero-order chi connectivity index (χ0) is 29.4. The van der Waals surface area contributed by atoms with E-state index in [1.807, 2.05) is 48.5 Å². The molecular formula is C40H22N4. The topological polar surface area (TPSA) is 57.4 Å². The Morgan fingerprint density at radius 2 is 0.727 bits per heavy atom. The second kappa shape index (κ2) is 9.07. The Kier molecular flexibility index (Phi) is 5.00. The van der Waals surface area contributed by atoms with Crippen molar-refractivity contribution in [3.05, 3.63) is 145 Å². The van der Waals surface area contributed by atoms with Crippen molar-refractivity contribution in [2.75, 3.05) is 0 Å². The summed E-state index contributed by atoms with van der Waals surface area (Å²) in [7, 11) is 0. The molecule has 0 radical (unpaired) electrons. The molecule has 2 heterocycles. The normalized spacial score (nSPS) is 11.6. The average molecular weight is 559 g/mol. The molecule has 0 unspecified atom stereocenters. The van der Waals surface area contributed by atoms with Crippen molar-refractivity contribution in [3.8, 4) is 23.5 Å². The zero-order valence-corrected chi connectivity index (χ0v) is 23.5. The van der Waals surface area contributed by atoms with Gasteiger partial charge < -0.3 is 9.13 Å². The smallest absolute Gasteiger partial charge is 0.101 e. The van der Waals surface area contributed by atoms with E-state index >= 15 is 0 Å². The van der Waals surface area contributed by atoms with E-state index in [1.54, 1.807) is 0 Å². The van der Waals surface area contributed by atoms with Gasteiger partial charge in [0.15, 0.2) is 0 Å². The van der Waals surface area contributed by atoms with Crippen molar-refractivity contribution in [1.82, 2.24) is 9.13 Å². The van der Waals surface area contributed by atoms with Gasteiger partial charge in [-0.3, -0.25) is 0 Å². The number of nitriles is 2. The lowest BCUT2D eigenvalue weighted by Crippen LogP contribution is -2.04. The van der Waals surface area contributed by atoms with Crippen LogP contribution in [0, 0.1) is 22.7 Å². The van der Waals surface area contributed by atoms with Crippen molar-refractivity contribution >= 4 is 65.2 Å². The van der Waals surface area contributed by atoms with E-state index in [2.05, 4.69) is 106 Å². The number of hydrogen-bond acceptors (Lipinski definition) is 2. The van der Waals surface area contributed by atoms with Crippen molar-refractivity contribution < 1.29 is 0 Å². The largest absolute Gasteiger partial charge is 0.308 e. The van der Waals surface area contributed by atoms with Gasteiger partial charge in [-0.2, -0.15) is 10.5 Å². The molecule has 0 aliphatic heterocycles. The Morgan fingerprint density at radius 1 is 0.364 bits per heavy atom. The Bertz CT molecular complexity index is 2550. The van der Waals surface area contributed by atoms with Crippen LogP contribution in [0.5, 0.6) is 0 Å². The van der Waals surface area contributed by atoms with E-state index in [-0.39, 0.29) is 0 Å². The summed E-state index contributed by atoms with van der Waals surface area (Å²) in [5.74, 6) is 0. The Labute approximate surface area is 252 Å². The first-order valence-electron chi connectivity index (χ1n) is 14.6. The first kappa shape index (κ1) is 24.3. The van der Waals surface area contributed by atoms with Gasteiger partial charge in [-0.05, 0) is 70.1 Å². The summed E-state index contributed by atoms with van der Waals surface area (Å²) in [6.07, 6.45) is 0. The summed E-state index contributed by atoms with van der Waals surface area (Å²) < 4.78 is 4.28. The molecule has 9 rings (SSSR count). The minimum atomic E-state index is 0.501. The summed E-state index contributed by atoms with van der Waals surface area (Å²) in [5, 5.41) is 30.3. The van der Waals surface area contributed by atoms with Crippen molar-refractivity contribution in [1.29, 1.82) is 10.5 Å². The minimum Gasteiger partial charge on any atom is -0.308 e. The van der Waals surface area contributed by atoms with Crippen LogP contribution in [0.4, 0.5) is 0 Å². The molecule has 0 N–H and O–H groups in total. The van der Waals surface area contributed by atoms with Gasteiger partial charge in [0, 0.05) is 21.5 Å². The molecule has 0 aliphatic rings. The Hall–Kier alpha value is -6.36. The third-order valence-electron chi connectivity index (χ3n) is 8.92. The lowest BCUT2D eigenvalue weighted by Gasteiger charge is -2.16. The standard InChI is InChI=1S/C40H22N4/c41-23-29-22-38(44-36-16-8-6-14-32(36)34-18-26-10-2-4-12-28(26)20-40(34)44)30(24-42)21-37(29)43-35-15-7-5-13-31(35)33-17-25-9-1-3-11-27(25)19-39(33)43/h1-22H. The third-order valence-corrected chi connectivity index (χ3v) is 8.92. The van der Waals surface area contributed by atoms with E-state index in [0.29, 0.717) is 22.5 Å². The molecule has 0 spiro atoms. The molecule has 7 aromatic carbocycles. The van der Waals surface area contributed by atoms with E-state index in [1.165, 1.54) is 0 Å². The van der Waals surface area contributed by atoms with Crippen LogP contribution in [0.2, 0.25) is 0 Å². The fourth-order valence-corrected chi connectivity index (χ4v) is 6.96. The molecule has 0 aliphatic carbocycles. The molecule has 2 aromatic heterocycles. The highest BCUT2D eigenvalue weighted by atomic mass is 15.0. The van der Waals surface area contributed by atoms with Crippen molar-refractivity contribution in [2.24, 2.45) is 0 Å². The molecule has 4 heteroatoms. The third kappa shape index (κ3) is 3.31. The summed E-state index contributed by atoms with van der Waals surface area (Å²) in [4.78, 5) is 0. The molecule has 9 aromatic rings. The number of para-hydroxylation sites is 2. The molecule has 0 fully saturated rings. The van der Waals surface area contributed by atoms with Crippen LogP contribution >= 0.6 is 0 Å². The second-order valence-corrected chi connectivity index (χ2v) is 11.2. The van der Waals surface area contributed by atoms with Gasteiger partial charge in [0.1, 0.15) is 12.1 Å². The van der Waals surface area contributed by atoms with Crippen LogP contribution in [-0.4, -0.2) is 9.13 Å². The monoisotopic (exact) mass is 558 g/mol. The lowest BCUT2D eigenvalue weighted by molar-refractivity contribution is 1.12. The number of rotatable bonds is 2. The predicted octanol–water partition coefficient (Wildman–Crippen LogP) is 9.93. The summed E-state index contributed by atoms with van der Waals surface area (Å²) >= 11 is 0. The molecule has 4 nitrogen and oxygen atoms in total. The summed E-state index contributed by atoms with van der Waals surface area (Å²) in [6, 6.07) is 50.7. The van der Waals surface area contributed by atoms with E-state index in [9.17, 15) is 10.5 Å². The van der Waals surface area contributed by atoms with Crippen LogP contribution in [0.1, 0.15) is 11.1 Å². The SMILES string of the molecule is N#Cc1cc(-n2c3ccccc3c3cc4ccccc4cc32)c(C#N)cc1-n1c2ccccc2c2cc3ccccc3cc21. The van der Waals surface area contributed by atoms with Crippen molar-refractivity contribution in [2.45, 2.75) is 0 Å². The van der Waals surface area contributed by atoms with Crippen LogP contribution in [0.25, 0.3) is 76.5 Å². The highest BCUT2D eigenvalue weighted by molar-refractivity contribution is 6.15. The van der Waals surface area contributed by atoms with Crippen molar-refractivity contribution in [3.63, 3.8) is 0 Å². The van der Waals surface area contributed by atoms with E-state index in [0.717, 1.165) is 65.2 Å². The first-order chi connectivity index (χ1) is 21.7. The number of nitrogens with zero attached hydrogens (tertiary/aromatic N) is 4. The molecule has 0 amide bonds. The molecule has 44 heavy (non-hydrogen) atoms. The fourth-order valence-electron chi connectivity index (χ4n) is 6.96. The van der Waals surface area contributed by atoms with Crippen LogP contribution < -0.4 is 0 Å².